The van der Waals surface area contributed by atoms with Gasteiger partial charge in [0.25, 0.3) is 0 Å². The molecule has 1 aromatic rings. The average Bonchev–Trinajstić information content (AvgIpc) is 3.00. The van der Waals surface area contributed by atoms with E-state index < -0.39 is 6.10 Å². The second-order valence-corrected chi connectivity index (χ2v) is 6.71. The number of aliphatic hydroxyl groups is 1. The van der Waals surface area contributed by atoms with Gasteiger partial charge in [-0.2, -0.15) is 0 Å². The second-order valence-electron chi connectivity index (χ2n) is 5.80. The molecule has 3 heteroatoms. The Morgan fingerprint density at radius 2 is 2.06 bits per heavy atom. The molecule has 92 valence electrons. The van der Waals surface area contributed by atoms with Crippen molar-refractivity contribution in [2.75, 3.05) is 0 Å². The van der Waals surface area contributed by atoms with E-state index in [2.05, 4.69) is 29.8 Å². The van der Waals surface area contributed by atoms with Crippen LogP contribution < -0.4 is 4.74 Å². The van der Waals surface area contributed by atoms with Crippen molar-refractivity contribution in [3.05, 3.63) is 28.2 Å². The molecule has 0 saturated heterocycles. The summed E-state index contributed by atoms with van der Waals surface area (Å²) in [5.41, 5.74) is 0.910. The van der Waals surface area contributed by atoms with Gasteiger partial charge >= 0.3 is 0 Å². The maximum atomic E-state index is 10.3. The van der Waals surface area contributed by atoms with E-state index in [1.54, 1.807) is 0 Å². The molecule has 1 saturated carbocycles. The van der Waals surface area contributed by atoms with E-state index in [1.165, 1.54) is 12.8 Å². The lowest BCUT2D eigenvalue weighted by Gasteiger charge is -2.42. The van der Waals surface area contributed by atoms with Gasteiger partial charge in [0.1, 0.15) is 11.4 Å². The number of benzene rings is 1. The zero-order valence-electron chi connectivity index (χ0n) is 10.2. The molecule has 2 unspecified atom stereocenters. The number of rotatable bonds is 1. The quantitative estimate of drug-likeness (QED) is 0.853. The van der Waals surface area contributed by atoms with Crippen LogP contribution in [-0.4, -0.2) is 10.7 Å². The summed E-state index contributed by atoms with van der Waals surface area (Å²) in [7, 11) is 0. The van der Waals surface area contributed by atoms with Crippen LogP contribution in [0.25, 0.3) is 0 Å². The van der Waals surface area contributed by atoms with Gasteiger partial charge in [0, 0.05) is 21.9 Å². The molecule has 2 atom stereocenters. The maximum absolute atomic E-state index is 10.3. The summed E-state index contributed by atoms with van der Waals surface area (Å²) in [4.78, 5) is 0. The molecule has 1 N–H and O–H groups in total. The Labute approximate surface area is 110 Å². The van der Waals surface area contributed by atoms with Crippen LogP contribution in [0.1, 0.15) is 44.8 Å². The number of hydrogen-bond acceptors (Lipinski definition) is 2. The van der Waals surface area contributed by atoms with E-state index >= 15 is 0 Å². The molecule has 0 spiro atoms. The Hall–Kier alpha value is -0.540. The van der Waals surface area contributed by atoms with Gasteiger partial charge < -0.3 is 9.84 Å². The van der Waals surface area contributed by atoms with Gasteiger partial charge in [0.05, 0.1) is 6.10 Å². The molecule has 3 rings (SSSR count). The van der Waals surface area contributed by atoms with Gasteiger partial charge in [0.2, 0.25) is 0 Å². The van der Waals surface area contributed by atoms with Crippen molar-refractivity contribution in [1.82, 2.24) is 0 Å². The number of hydrogen-bond donors (Lipinski definition) is 1. The van der Waals surface area contributed by atoms with Crippen molar-refractivity contribution in [1.29, 1.82) is 0 Å². The monoisotopic (exact) mass is 296 g/mol. The Bertz CT molecular complexity index is 467. The van der Waals surface area contributed by atoms with E-state index in [4.69, 9.17) is 4.74 Å². The lowest BCUT2D eigenvalue weighted by atomic mass is 9.79. The highest BCUT2D eigenvalue weighted by Gasteiger charge is 2.57. The first kappa shape index (κ1) is 11.5. The van der Waals surface area contributed by atoms with Crippen molar-refractivity contribution in [2.45, 2.75) is 44.8 Å². The molecular formula is C14H17BrO2. The normalized spacial score (nSPS) is 33.8. The Kier molecular flexibility index (Phi) is 2.37. The minimum Gasteiger partial charge on any atom is -0.487 e. The van der Waals surface area contributed by atoms with Gasteiger partial charge in [-0.15, -0.1) is 0 Å². The average molecular weight is 297 g/mol. The third-order valence-corrected chi connectivity index (χ3v) is 5.02. The first-order chi connectivity index (χ1) is 7.94. The van der Waals surface area contributed by atoms with Crippen LogP contribution in [-0.2, 0) is 0 Å². The van der Waals surface area contributed by atoms with Crippen LogP contribution in [0.4, 0.5) is 0 Å². The molecule has 0 radical (unpaired) electrons. The van der Waals surface area contributed by atoms with Gasteiger partial charge in [-0.25, -0.2) is 0 Å². The lowest BCUT2D eigenvalue weighted by molar-refractivity contribution is -0.0472. The van der Waals surface area contributed by atoms with Crippen LogP contribution in [0.2, 0.25) is 0 Å². The predicted octanol–water partition coefficient (Wildman–Crippen LogP) is 3.82. The molecule has 1 aliphatic carbocycles. The summed E-state index contributed by atoms with van der Waals surface area (Å²) < 4.78 is 7.18. The zero-order valence-corrected chi connectivity index (χ0v) is 11.8. The van der Waals surface area contributed by atoms with Gasteiger partial charge in [-0.1, -0.05) is 22.9 Å². The highest BCUT2D eigenvalue weighted by atomic mass is 79.9. The minimum absolute atomic E-state index is 0.229. The molecule has 2 aliphatic rings. The minimum atomic E-state index is -0.418. The second kappa shape index (κ2) is 3.48. The molecular weight excluding hydrogens is 280 g/mol. The summed E-state index contributed by atoms with van der Waals surface area (Å²) in [6, 6.07) is 5.87. The third kappa shape index (κ3) is 1.71. The van der Waals surface area contributed by atoms with Crippen LogP contribution in [0.15, 0.2) is 22.7 Å². The van der Waals surface area contributed by atoms with Crippen molar-refractivity contribution < 1.29 is 9.84 Å². The number of halogens is 1. The van der Waals surface area contributed by atoms with E-state index in [0.29, 0.717) is 6.42 Å². The van der Waals surface area contributed by atoms with Crippen LogP contribution in [0.3, 0.4) is 0 Å². The molecule has 1 aromatic carbocycles. The standard InChI is InChI=1S/C14H17BrO2/c1-13(5-6-13)14(2)8-11(16)10-7-9(15)3-4-12(10)17-14/h3-4,7,11,16H,5-6,8H2,1-2H3. The fraction of sp³-hybridized carbons (Fsp3) is 0.571. The van der Waals surface area contributed by atoms with Crippen LogP contribution >= 0.6 is 15.9 Å². The van der Waals surface area contributed by atoms with Gasteiger partial charge in [-0.05, 0) is 38.0 Å². The molecule has 0 amide bonds. The van der Waals surface area contributed by atoms with E-state index in [1.807, 2.05) is 18.2 Å². The van der Waals surface area contributed by atoms with E-state index in [-0.39, 0.29) is 11.0 Å². The summed E-state index contributed by atoms with van der Waals surface area (Å²) in [5.74, 6) is 0.836. The van der Waals surface area contributed by atoms with Gasteiger partial charge in [-0.3, -0.25) is 0 Å². The maximum Gasteiger partial charge on any atom is 0.126 e. The molecule has 1 fully saturated rings. The Morgan fingerprint density at radius 3 is 2.71 bits per heavy atom. The summed E-state index contributed by atoms with van der Waals surface area (Å²) >= 11 is 3.43. The highest BCUT2D eigenvalue weighted by molar-refractivity contribution is 9.10. The number of fused-ring (bicyclic) bond motifs is 1. The van der Waals surface area contributed by atoms with Crippen LogP contribution in [0, 0.1) is 5.41 Å². The summed E-state index contributed by atoms with van der Waals surface area (Å²) in [6.45, 7) is 4.39. The topological polar surface area (TPSA) is 29.5 Å². The Morgan fingerprint density at radius 1 is 1.35 bits per heavy atom. The smallest absolute Gasteiger partial charge is 0.126 e. The van der Waals surface area contributed by atoms with Crippen molar-refractivity contribution in [2.24, 2.45) is 5.41 Å². The van der Waals surface area contributed by atoms with Crippen molar-refractivity contribution >= 4 is 15.9 Å². The van der Waals surface area contributed by atoms with E-state index in [0.717, 1.165) is 15.8 Å². The summed E-state index contributed by atoms with van der Waals surface area (Å²) in [5, 5.41) is 10.3. The predicted molar refractivity (Wildman–Crippen MR) is 70.1 cm³/mol. The molecule has 0 aromatic heterocycles. The SMILES string of the molecule is CC1(C2(C)CC(O)c3cc(Br)ccc3O2)CC1. The largest absolute Gasteiger partial charge is 0.487 e. The highest BCUT2D eigenvalue weighted by Crippen LogP contribution is 2.59. The Balaban J connectivity index is 2.01. The van der Waals surface area contributed by atoms with Crippen molar-refractivity contribution in [3.63, 3.8) is 0 Å². The zero-order chi connectivity index (χ0) is 12.3. The number of aliphatic hydroxyl groups excluding tert-OH is 1. The molecule has 17 heavy (non-hydrogen) atoms. The van der Waals surface area contributed by atoms with Crippen LogP contribution in [0.5, 0.6) is 5.75 Å². The lowest BCUT2D eigenvalue weighted by Crippen LogP contribution is -2.45. The molecule has 0 bridgehead atoms. The number of ether oxygens (including phenoxy) is 1. The summed E-state index contributed by atoms with van der Waals surface area (Å²) in [6.07, 6.45) is 2.66. The van der Waals surface area contributed by atoms with Crippen molar-refractivity contribution in [3.8, 4) is 5.75 Å². The molecule has 2 nitrogen and oxygen atoms in total. The van der Waals surface area contributed by atoms with E-state index in [9.17, 15) is 5.11 Å². The first-order valence-corrected chi connectivity index (χ1v) is 6.89. The first-order valence-electron chi connectivity index (χ1n) is 6.10. The van der Waals surface area contributed by atoms with Gasteiger partial charge in [0.15, 0.2) is 0 Å². The fourth-order valence-electron chi connectivity index (χ4n) is 2.72. The fourth-order valence-corrected chi connectivity index (χ4v) is 3.10. The molecule has 1 heterocycles. The third-order valence-electron chi connectivity index (χ3n) is 4.53. The molecule has 1 aliphatic heterocycles.